The second kappa shape index (κ2) is 4.40. The smallest absolute Gasteiger partial charge is 0.323 e. The monoisotopic (exact) mass is 236 g/mol. The number of benzene rings is 1. The summed E-state index contributed by atoms with van der Waals surface area (Å²) in [5.74, 6) is -0.927. The Kier molecular flexibility index (Phi) is 2.95. The van der Waals surface area contributed by atoms with Crippen molar-refractivity contribution in [3.63, 3.8) is 0 Å². The van der Waals surface area contributed by atoms with E-state index in [-0.39, 0.29) is 18.3 Å². The normalized spacial score (nSPS) is 14.4. The molecule has 2 rings (SSSR count). The summed E-state index contributed by atoms with van der Waals surface area (Å²) < 4.78 is 0. The lowest BCUT2D eigenvalue weighted by atomic mass is 10.2. The molecule has 17 heavy (non-hydrogen) atoms. The van der Waals surface area contributed by atoms with Crippen LogP contribution in [0.1, 0.15) is 12.8 Å². The van der Waals surface area contributed by atoms with Crippen LogP contribution in [0.3, 0.4) is 0 Å². The maximum atomic E-state index is 10.8. The Morgan fingerprint density at radius 3 is 2.76 bits per heavy atom. The summed E-state index contributed by atoms with van der Waals surface area (Å²) in [6, 6.07) is 6.29. The van der Waals surface area contributed by atoms with E-state index in [2.05, 4.69) is 0 Å². The molecule has 1 aliphatic carbocycles. The van der Waals surface area contributed by atoms with Gasteiger partial charge < -0.3 is 10.0 Å². The van der Waals surface area contributed by atoms with Crippen LogP contribution in [0, 0.1) is 10.1 Å². The first kappa shape index (κ1) is 11.4. The zero-order valence-corrected chi connectivity index (χ0v) is 9.07. The molecule has 0 spiro atoms. The predicted molar refractivity (Wildman–Crippen MR) is 61.1 cm³/mol. The number of hydrogen-bond donors (Lipinski definition) is 1. The Morgan fingerprint density at radius 1 is 1.53 bits per heavy atom. The van der Waals surface area contributed by atoms with Crippen LogP contribution in [0.25, 0.3) is 0 Å². The molecule has 6 nitrogen and oxygen atoms in total. The van der Waals surface area contributed by atoms with Crippen LogP contribution in [0.4, 0.5) is 11.4 Å². The average Bonchev–Trinajstić information content (AvgIpc) is 3.09. The van der Waals surface area contributed by atoms with E-state index >= 15 is 0 Å². The number of aliphatic carboxylic acids is 1. The van der Waals surface area contributed by atoms with Crippen molar-refractivity contribution in [2.75, 3.05) is 11.4 Å². The van der Waals surface area contributed by atoms with Crippen LogP contribution in [-0.2, 0) is 4.79 Å². The van der Waals surface area contributed by atoms with Gasteiger partial charge >= 0.3 is 5.97 Å². The van der Waals surface area contributed by atoms with E-state index in [1.807, 2.05) is 0 Å². The van der Waals surface area contributed by atoms with Gasteiger partial charge in [0.15, 0.2) is 0 Å². The Labute approximate surface area is 97.6 Å². The van der Waals surface area contributed by atoms with Gasteiger partial charge in [0.05, 0.1) is 4.92 Å². The second-order valence-corrected chi connectivity index (χ2v) is 4.03. The van der Waals surface area contributed by atoms with Gasteiger partial charge in [-0.25, -0.2) is 0 Å². The molecule has 1 fully saturated rings. The average molecular weight is 236 g/mol. The van der Waals surface area contributed by atoms with Crippen molar-refractivity contribution in [2.45, 2.75) is 18.9 Å². The fraction of sp³-hybridized carbons (Fsp3) is 0.364. The van der Waals surface area contributed by atoms with Crippen LogP contribution in [0.5, 0.6) is 0 Å². The molecule has 90 valence electrons. The number of carbonyl (C=O) groups is 1. The van der Waals surface area contributed by atoms with Gasteiger partial charge in [0.1, 0.15) is 6.54 Å². The molecule has 0 saturated heterocycles. The molecule has 1 N–H and O–H groups in total. The molecule has 0 radical (unpaired) electrons. The van der Waals surface area contributed by atoms with Crippen molar-refractivity contribution in [3.8, 4) is 0 Å². The largest absolute Gasteiger partial charge is 0.480 e. The summed E-state index contributed by atoms with van der Waals surface area (Å²) in [5.41, 5.74) is 0.586. The van der Waals surface area contributed by atoms with Crippen molar-refractivity contribution >= 4 is 17.3 Å². The summed E-state index contributed by atoms with van der Waals surface area (Å²) in [6.07, 6.45) is 1.88. The standard InChI is InChI=1S/C11H12N2O4/c14-11(15)7-12(8-4-5-8)9-2-1-3-10(6-9)13(16)17/h1-3,6,8H,4-5,7H2,(H,14,15). The summed E-state index contributed by atoms with van der Waals surface area (Å²) in [5, 5.41) is 19.5. The molecule has 0 unspecified atom stereocenters. The van der Waals surface area contributed by atoms with Crippen molar-refractivity contribution < 1.29 is 14.8 Å². The molecule has 1 aromatic carbocycles. The van der Waals surface area contributed by atoms with Crippen molar-refractivity contribution in [1.29, 1.82) is 0 Å². The second-order valence-electron chi connectivity index (χ2n) is 4.03. The Morgan fingerprint density at radius 2 is 2.24 bits per heavy atom. The predicted octanol–water partition coefficient (Wildman–Crippen LogP) is 1.65. The molecular formula is C11H12N2O4. The van der Waals surface area contributed by atoms with Gasteiger partial charge in [0, 0.05) is 23.9 Å². The Bertz CT molecular complexity index is 457. The van der Waals surface area contributed by atoms with Crippen LogP contribution >= 0.6 is 0 Å². The lowest BCUT2D eigenvalue weighted by Gasteiger charge is -2.22. The number of rotatable bonds is 5. The molecule has 0 atom stereocenters. The third-order valence-corrected chi connectivity index (χ3v) is 2.67. The maximum Gasteiger partial charge on any atom is 0.323 e. The van der Waals surface area contributed by atoms with Crippen LogP contribution in [0.15, 0.2) is 24.3 Å². The van der Waals surface area contributed by atoms with E-state index in [4.69, 9.17) is 5.11 Å². The zero-order valence-electron chi connectivity index (χ0n) is 9.07. The number of nitro benzene ring substituents is 1. The third kappa shape index (κ3) is 2.72. The summed E-state index contributed by atoms with van der Waals surface area (Å²) in [7, 11) is 0. The molecule has 1 aromatic rings. The highest BCUT2D eigenvalue weighted by molar-refractivity contribution is 5.74. The summed E-state index contributed by atoms with van der Waals surface area (Å²) in [4.78, 5) is 22.6. The highest BCUT2D eigenvalue weighted by Gasteiger charge is 2.31. The van der Waals surface area contributed by atoms with E-state index in [1.165, 1.54) is 12.1 Å². The minimum Gasteiger partial charge on any atom is -0.480 e. The van der Waals surface area contributed by atoms with Crippen LogP contribution in [0.2, 0.25) is 0 Å². The van der Waals surface area contributed by atoms with Gasteiger partial charge in [0.25, 0.3) is 5.69 Å². The van der Waals surface area contributed by atoms with Gasteiger partial charge in [0.2, 0.25) is 0 Å². The summed E-state index contributed by atoms with van der Waals surface area (Å²) in [6.45, 7) is -0.119. The first-order valence-electron chi connectivity index (χ1n) is 5.31. The molecule has 0 aromatic heterocycles. The molecule has 6 heteroatoms. The highest BCUT2D eigenvalue weighted by atomic mass is 16.6. The Hall–Kier alpha value is -2.11. The number of carboxylic acid groups (broad SMARTS) is 1. The number of nitrogens with zero attached hydrogens (tertiary/aromatic N) is 2. The van der Waals surface area contributed by atoms with Crippen molar-refractivity contribution in [3.05, 3.63) is 34.4 Å². The number of nitro groups is 1. The van der Waals surface area contributed by atoms with Gasteiger partial charge in [-0.05, 0) is 18.9 Å². The zero-order chi connectivity index (χ0) is 12.4. The lowest BCUT2D eigenvalue weighted by Crippen LogP contribution is -2.31. The Balaban J connectivity index is 2.25. The van der Waals surface area contributed by atoms with Gasteiger partial charge in [-0.2, -0.15) is 0 Å². The number of carboxylic acids is 1. The minimum absolute atomic E-state index is 0.0152. The number of non-ortho nitro benzene ring substituents is 1. The SMILES string of the molecule is O=C(O)CN(c1cccc([N+](=O)[O-])c1)C1CC1. The first-order valence-corrected chi connectivity index (χ1v) is 5.31. The van der Waals surface area contributed by atoms with Gasteiger partial charge in [-0.15, -0.1) is 0 Å². The molecule has 0 amide bonds. The van der Waals surface area contributed by atoms with E-state index in [0.717, 1.165) is 12.8 Å². The summed E-state index contributed by atoms with van der Waals surface area (Å²) >= 11 is 0. The maximum absolute atomic E-state index is 10.8. The highest BCUT2D eigenvalue weighted by Crippen LogP contribution is 2.32. The fourth-order valence-corrected chi connectivity index (χ4v) is 1.75. The van der Waals surface area contributed by atoms with E-state index < -0.39 is 10.9 Å². The van der Waals surface area contributed by atoms with E-state index in [1.54, 1.807) is 17.0 Å². The third-order valence-electron chi connectivity index (χ3n) is 2.67. The first-order chi connectivity index (χ1) is 8.08. The van der Waals surface area contributed by atoms with Gasteiger partial charge in [-0.1, -0.05) is 6.07 Å². The topological polar surface area (TPSA) is 83.7 Å². The molecule has 0 heterocycles. The van der Waals surface area contributed by atoms with Crippen molar-refractivity contribution in [2.24, 2.45) is 0 Å². The molecule has 0 bridgehead atoms. The number of hydrogen-bond acceptors (Lipinski definition) is 4. The number of anilines is 1. The van der Waals surface area contributed by atoms with Crippen LogP contribution < -0.4 is 4.90 Å². The van der Waals surface area contributed by atoms with E-state index in [9.17, 15) is 14.9 Å². The lowest BCUT2D eigenvalue weighted by molar-refractivity contribution is -0.384. The molecule has 1 saturated carbocycles. The molecule has 0 aliphatic heterocycles. The minimum atomic E-state index is -0.927. The molecule has 1 aliphatic rings. The van der Waals surface area contributed by atoms with Gasteiger partial charge in [-0.3, -0.25) is 14.9 Å². The fourth-order valence-electron chi connectivity index (χ4n) is 1.75. The van der Waals surface area contributed by atoms with Crippen LogP contribution in [-0.4, -0.2) is 28.6 Å². The van der Waals surface area contributed by atoms with E-state index in [0.29, 0.717) is 5.69 Å². The molecular weight excluding hydrogens is 224 g/mol. The quantitative estimate of drug-likeness (QED) is 0.620. The van der Waals surface area contributed by atoms with Crippen molar-refractivity contribution in [1.82, 2.24) is 0 Å².